The molecular formula is C15H30IN3O2. The van der Waals surface area contributed by atoms with Gasteiger partial charge in [-0.05, 0) is 19.3 Å². The summed E-state index contributed by atoms with van der Waals surface area (Å²) < 4.78 is 5.23. The number of hydrogen-bond acceptors (Lipinski definition) is 3. The maximum Gasteiger partial charge on any atom is 0.193 e. The predicted molar refractivity (Wildman–Crippen MR) is 96.4 cm³/mol. The lowest BCUT2D eigenvalue weighted by Crippen LogP contribution is -2.49. The zero-order valence-electron chi connectivity index (χ0n) is 13.3. The zero-order valence-corrected chi connectivity index (χ0v) is 15.6. The molecule has 21 heavy (non-hydrogen) atoms. The lowest BCUT2D eigenvalue weighted by molar-refractivity contribution is 0.00818. The lowest BCUT2D eigenvalue weighted by atomic mass is 9.85. The molecule has 1 heterocycles. The van der Waals surface area contributed by atoms with Crippen LogP contribution < -0.4 is 5.32 Å². The van der Waals surface area contributed by atoms with Crippen molar-refractivity contribution in [1.29, 1.82) is 0 Å². The van der Waals surface area contributed by atoms with Gasteiger partial charge in [-0.3, -0.25) is 4.99 Å². The topological polar surface area (TPSA) is 57.1 Å². The van der Waals surface area contributed by atoms with Crippen LogP contribution in [0.4, 0.5) is 0 Å². The third-order valence-corrected chi connectivity index (χ3v) is 4.56. The molecule has 2 rings (SSSR count). The standard InChI is InChI=1S/C15H29N3O2.HI/c1-16-14(18-9-6-13(10-18)11-20-2)17-12-15(19)7-4-3-5-8-15;/h13,19H,3-12H2,1-2H3,(H,16,17);1H. The van der Waals surface area contributed by atoms with Gasteiger partial charge in [-0.25, -0.2) is 0 Å². The summed E-state index contributed by atoms with van der Waals surface area (Å²) >= 11 is 0. The number of nitrogens with zero attached hydrogens (tertiary/aromatic N) is 2. The Labute approximate surface area is 145 Å². The van der Waals surface area contributed by atoms with Gasteiger partial charge in [0, 0.05) is 39.7 Å². The molecule has 0 spiro atoms. The van der Waals surface area contributed by atoms with Crippen molar-refractivity contribution in [2.24, 2.45) is 10.9 Å². The van der Waals surface area contributed by atoms with E-state index in [0.29, 0.717) is 12.5 Å². The average molecular weight is 411 g/mol. The Morgan fingerprint density at radius 3 is 2.71 bits per heavy atom. The van der Waals surface area contributed by atoms with Gasteiger partial charge in [0.05, 0.1) is 12.2 Å². The average Bonchev–Trinajstić information content (AvgIpc) is 2.89. The van der Waals surface area contributed by atoms with E-state index in [4.69, 9.17) is 4.74 Å². The number of aliphatic hydroxyl groups is 1. The quantitative estimate of drug-likeness (QED) is 0.421. The van der Waals surface area contributed by atoms with E-state index in [9.17, 15) is 5.11 Å². The Bertz CT molecular complexity index is 333. The summed E-state index contributed by atoms with van der Waals surface area (Å²) in [6.45, 7) is 3.45. The molecule has 5 nitrogen and oxygen atoms in total. The van der Waals surface area contributed by atoms with Gasteiger partial charge in [0.15, 0.2) is 5.96 Å². The number of halogens is 1. The van der Waals surface area contributed by atoms with Crippen molar-refractivity contribution in [2.45, 2.75) is 44.1 Å². The van der Waals surface area contributed by atoms with Gasteiger partial charge in [0.1, 0.15) is 0 Å². The van der Waals surface area contributed by atoms with Crippen LogP contribution in [-0.4, -0.2) is 62.0 Å². The fraction of sp³-hybridized carbons (Fsp3) is 0.933. The molecular weight excluding hydrogens is 381 g/mol. The van der Waals surface area contributed by atoms with E-state index in [1.807, 2.05) is 7.05 Å². The monoisotopic (exact) mass is 411 g/mol. The Morgan fingerprint density at radius 1 is 1.38 bits per heavy atom. The van der Waals surface area contributed by atoms with Crippen molar-refractivity contribution in [1.82, 2.24) is 10.2 Å². The van der Waals surface area contributed by atoms with Crippen LogP contribution in [0.3, 0.4) is 0 Å². The Kier molecular flexibility index (Phi) is 8.26. The SMILES string of the molecule is CN=C(NCC1(O)CCCCC1)N1CCC(COC)C1.I. The molecule has 0 aromatic heterocycles. The molecule has 124 valence electrons. The van der Waals surface area contributed by atoms with E-state index >= 15 is 0 Å². The van der Waals surface area contributed by atoms with Crippen molar-refractivity contribution >= 4 is 29.9 Å². The summed E-state index contributed by atoms with van der Waals surface area (Å²) in [6.07, 6.45) is 6.49. The van der Waals surface area contributed by atoms with Crippen molar-refractivity contribution < 1.29 is 9.84 Å². The molecule has 1 unspecified atom stereocenters. The largest absolute Gasteiger partial charge is 0.388 e. The van der Waals surface area contributed by atoms with E-state index in [1.54, 1.807) is 7.11 Å². The Morgan fingerprint density at radius 2 is 2.10 bits per heavy atom. The van der Waals surface area contributed by atoms with Gasteiger partial charge < -0.3 is 20.1 Å². The molecule has 6 heteroatoms. The highest BCUT2D eigenvalue weighted by molar-refractivity contribution is 14.0. The molecule has 2 fully saturated rings. The molecule has 1 saturated heterocycles. The molecule has 1 aliphatic carbocycles. The van der Waals surface area contributed by atoms with Crippen LogP contribution in [-0.2, 0) is 4.74 Å². The fourth-order valence-corrected chi connectivity index (χ4v) is 3.36. The van der Waals surface area contributed by atoms with Gasteiger partial charge >= 0.3 is 0 Å². The first-order valence-electron chi connectivity index (χ1n) is 7.84. The Balaban J connectivity index is 0.00000220. The third-order valence-electron chi connectivity index (χ3n) is 4.56. The number of hydrogen-bond donors (Lipinski definition) is 2. The molecule has 2 aliphatic rings. The molecule has 0 radical (unpaired) electrons. The molecule has 1 atom stereocenters. The summed E-state index contributed by atoms with van der Waals surface area (Å²) in [6, 6.07) is 0. The van der Waals surface area contributed by atoms with Crippen LogP contribution in [0.15, 0.2) is 4.99 Å². The summed E-state index contributed by atoms with van der Waals surface area (Å²) in [5.74, 6) is 1.51. The minimum Gasteiger partial charge on any atom is -0.388 e. The highest BCUT2D eigenvalue weighted by Gasteiger charge is 2.31. The first-order valence-corrected chi connectivity index (χ1v) is 7.84. The minimum atomic E-state index is -0.542. The summed E-state index contributed by atoms with van der Waals surface area (Å²) in [5, 5.41) is 13.9. The lowest BCUT2D eigenvalue weighted by Gasteiger charge is -2.33. The number of rotatable bonds is 4. The number of aliphatic imine (C=N–C) groups is 1. The molecule has 1 aliphatic heterocycles. The van der Waals surface area contributed by atoms with E-state index in [1.165, 1.54) is 6.42 Å². The van der Waals surface area contributed by atoms with Crippen molar-refractivity contribution in [3.05, 3.63) is 0 Å². The second-order valence-corrected chi connectivity index (χ2v) is 6.24. The number of methoxy groups -OCH3 is 1. The molecule has 0 bridgehead atoms. The van der Waals surface area contributed by atoms with Crippen LogP contribution in [0.2, 0.25) is 0 Å². The van der Waals surface area contributed by atoms with Crippen molar-refractivity contribution in [3.8, 4) is 0 Å². The van der Waals surface area contributed by atoms with Crippen molar-refractivity contribution in [2.75, 3.05) is 40.4 Å². The highest BCUT2D eigenvalue weighted by Crippen LogP contribution is 2.27. The normalized spacial score (nSPS) is 25.6. The van der Waals surface area contributed by atoms with Crippen LogP contribution in [0.5, 0.6) is 0 Å². The molecule has 0 aromatic carbocycles. The minimum absolute atomic E-state index is 0. The molecule has 1 saturated carbocycles. The fourth-order valence-electron chi connectivity index (χ4n) is 3.36. The number of likely N-dealkylation sites (tertiary alicyclic amines) is 1. The van der Waals surface area contributed by atoms with Gasteiger partial charge in [-0.15, -0.1) is 24.0 Å². The summed E-state index contributed by atoms with van der Waals surface area (Å²) in [7, 11) is 3.57. The van der Waals surface area contributed by atoms with Gasteiger partial charge in [-0.2, -0.15) is 0 Å². The predicted octanol–water partition coefficient (Wildman–Crippen LogP) is 1.84. The second kappa shape index (κ2) is 9.15. The highest BCUT2D eigenvalue weighted by atomic mass is 127. The molecule has 0 amide bonds. The maximum absolute atomic E-state index is 10.5. The van der Waals surface area contributed by atoms with Gasteiger partial charge in [0.25, 0.3) is 0 Å². The number of guanidine groups is 1. The Hall–Kier alpha value is -0.0800. The molecule has 0 aromatic rings. The van der Waals surface area contributed by atoms with Crippen LogP contribution in [0.25, 0.3) is 0 Å². The first-order chi connectivity index (χ1) is 9.67. The van der Waals surface area contributed by atoms with E-state index in [2.05, 4.69) is 15.2 Å². The summed E-state index contributed by atoms with van der Waals surface area (Å²) in [5.41, 5.74) is -0.542. The smallest absolute Gasteiger partial charge is 0.193 e. The van der Waals surface area contributed by atoms with Gasteiger partial charge in [0.2, 0.25) is 0 Å². The van der Waals surface area contributed by atoms with Crippen LogP contribution in [0, 0.1) is 5.92 Å². The maximum atomic E-state index is 10.5. The third kappa shape index (κ3) is 5.56. The van der Waals surface area contributed by atoms with E-state index in [0.717, 1.165) is 57.8 Å². The zero-order chi connectivity index (χ0) is 14.4. The van der Waals surface area contributed by atoms with Crippen LogP contribution in [0.1, 0.15) is 38.5 Å². The first kappa shape index (κ1) is 19.0. The van der Waals surface area contributed by atoms with Gasteiger partial charge in [-0.1, -0.05) is 19.3 Å². The number of ether oxygens (including phenoxy) is 1. The van der Waals surface area contributed by atoms with E-state index in [-0.39, 0.29) is 24.0 Å². The summed E-state index contributed by atoms with van der Waals surface area (Å²) in [4.78, 5) is 6.63. The molecule has 2 N–H and O–H groups in total. The second-order valence-electron chi connectivity index (χ2n) is 6.24. The van der Waals surface area contributed by atoms with Crippen LogP contribution >= 0.6 is 24.0 Å². The number of nitrogens with one attached hydrogen (secondary N) is 1. The van der Waals surface area contributed by atoms with E-state index < -0.39 is 5.60 Å². The van der Waals surface area contributed by atoms with Crippen molar-refractivity contribution in [3.63, 3.8) is 0 Å².